The van der Waals surface area contributed by atoms with Crippen molar-refractivity contribution in [1.82, 2.24) is 5.32 Å². The summed E-state index contributed by atoms with van der Waals surface area (Å²) >= 11 is 0. The Morgan fingerprint density at radius 3 is 2.85 bits per heavy atom. The van der Waals surface area contributed by atoms with Crippen molar-refractivity contribution in [3.05, 3.63) is 23.8 Å². The molecular formula is C15H17NO4. The summed E-state index contributed by atoms with van der Waals surface area (Å²) in [5, 5.41) is 3.10. The number of benzene rings is 1. The summed E-state index contributed by atoms with van der Waals surface area (Å²) in [5.41, 5.74) is 0.622. The highest BCUT2D eigenvalue weighted by Crippen LogP contribution is 2.38. The minimum atomic E-state index is -0.0441. The van der Waals surface area contributed by atoms with Crippen LogP contribution in [-0.4, -0.2) is 37.9 Å². The maximum atomic E-state index is 12.3. The number of rotatable bonds is 2. The highest BCUT2D eigenvalue weighted by Gasteiger charge is 2.45. The van der Waals surface area contributed by atoms with Crippen LogP contribution in [0.1, 0.15) is 23.2 Å². The van der Waals surface area contributed by atoms with Gasteiger partial charge >= 0.3 is 0 Å². The van der Waals surface area contributed by atoms with Gasteiger partial charge in [0.2, 0.25) is 0 Å². The maximum Gasteiger partial charge on any atom is 0.251 e. The monoisotopic (exact) mass is 275 g/mol. The predicted octanol–water partition coefficient (Wildman–Crippen LogP) is 1.37. The van der Waals surface area contributed by atoms with Gasteiger partial charge in [-0.3, -0.25) is 4.79 Å². The SMILES string of the molecule is O=C(N[C@H]1C[C@@H]2OCC[C@H]12)c1ccc2c(c1)OCCO2. The zero-order valence-corrected chi connectivity index (χ0v) is 11.1. The van der Waals surface area contributed by atoms with E-state index in [0.29, 0.717) is 42.3 Å². The first-order valence-corrected chi connectivity index (χ1v) is 7.13. The summed E-state index contributed by atoms with van der Waals surface area (Å²) in [6.07, 6.45) is 2.35. The van der Waals surface area contributed by atoms with Crippen molar-refractivity contribution in [3.8, 4) is 11.5 Å². The topological polar surface area (TPSA) is 56.8 Å². The Kier molecular flexibility index (Phi) is 2.80. The molecule has 3 aliphatic rings. The Morgan fingerprint density at radius 2 is 2.00 bits per heavy atom. The molecule has 2 heterocycles. The Bertz CT molecular complexity index is 545. The van der Waals surface area contributed by atoms with Crippen LogP contribution >= 0.6 is 0 Å². The molecule has 106 valence electrons. The van der Waals surface area contributed by atoms with Crippen LogP contribution in [0.3, 0.4) is 0 Å². The zero-order valence-electron chi connectivity index (χ0n) is 11.1. The standard InChI is InChI=1S/C15H17NO4/c17-15(16-11-8-13-10(11)3-4-18-13)9-1-2-12-14(7-9)20-6-5-19-12/h1-2,7,10-11,13H,3-6,8H2,(H,16,17)/t10-,11+,13+/m1/s1. The fraction of sp³-hybridized carbons (Fsp3) is 0.533. The molecule has 20 heavy (non-hydrogen) atoms. The van der Waals surface area contributed by atoms with E-state index in [-0.39, 0.29) is 11.9 Å². The Morgan fingerprint density at radius 1 is 1.15 bits per heavy atom. The fourth-order valence-corrected chi connectivity index (χ4v) is 3.20. The predicted molar refractivity (Wildman–Crippen MR) is 71.2 cm³/mol. The zero-order chi connectivity index (χ0) is 13.5. The molecule has 4 rings (SSSR count). The van der Waals surface area contributed by atoms with Crippen LogP contribution in [0.5, 0.6) is 11.5 Å². The molecule has 3 atom stereocenters. The van der Waals surface area contributed by atoms with Gasteiger partial charge in [-0.25, -0.2) is 0 Å². The van der Waals surface area contributed by atoms with Crippen molar-refractivity contribution < 1.29 is 19.0 Å². The van der Waals surface area contributed by atoms with Crippen LogP contribution < -0.4 is 14.8 Å². The molecule has 1 aromatic carbocycles. The van der Waals surface area contributed by atoms with E-state index in [1.807, 2.05) is 0 Å². The average molecular weight is 275 g/mol. The summed E-state index contributed by atoms with van der Waals surface area (Å²) < 4.78 is 16.5. The van der Waals surface area contributed by atoms with E-state index in [0.717, 1.165) is 19.4 Å². The lowest BCUT2D eigenvalue weighted by molar-refractivity contribution is 0.00809. The van der Waals surface area contributed by atoms with Gasteiger partial charge in [0.25, 0.3) is 5.91 Å². The van der Waals surface area contributed by atoms with Crippen LogP contribution in [0.4, 0.5) is 0 Å². The van der Waals surface area contributed by atoms with Gasteiger partial charge in [0.1, 0.15) is 13.2 Å². The molecular weight excluding hydrogens is 258 g/mol. The number of ether oxygens (including phenoxy) is 3. The number of carbonyl (C=O) groups is 1. The van der Waals surface area contributed by atoms with Crippen LogP contribution in [0.2, 0.25) is 0 Å². The average Bonchev–Trinajstić information content (AvgIpc) is 2.85. The molecule has 2 aliphatic heterocycles. The molecule has 1 saturated carbocycles. The minimum Gasteiger partial charge on any atom is -0.486 e. The highest BCUT2D eigenvalue weighted by molar-refractivity contribution is 5.95. The lowest BCUT2D eigenvalue weighted by Crippen LogP contribution is -2.53. The van der Waals surface area contributed by atoms with E-state index in [1.54, 1.807) is 18.2 Å². The van der Waals surface area contributed by atoms with Crippen molar-refractivity contribution in [3.63, 3.8) is 0 Å². The minimum absolute atomic E-state index is 0.0441. The first-order valence-electron chi connectivity index (χ1n) is 7.13. The molecule has 1 amide bonds. The number of amides is 1. The lowest BCUT2D eigenvalue weighted by Gasteiger charge is -2.39. The third kappa shape index (κ3) is 1.93. The summed E-state index contributed by atoms with van der Waals surface area (Å²) in [6.45, 7) is 1.91. The van der Waals surface area contributed by atoms with Gasteiger partial charge < -0.3 is 19.5 Å². The lowest BCUT2D eigenvalue weighted by atomic mass is 9.76. The van der Waals surface area contributed by atoms with E-state index in [9.17, 15) is 4.79 Å². The molecule has 1 aromatic rings. The largest absolute Gasteiger partial charge is 0.486 e. The second-order valence-electron chi connectivity index (χ2n) is 5.54. The van der Waals surface area contributed by atoms with Gasteiger partial charge in [-0.1, -0.05) is 0 Å². The molecule has 0 bridgehead atoms. The summed E-state index contributed by atoms with van der Waals surface area (Å²) in [7, 11) is 0. The third-order valence-corrected chi connectivity index (χ3v) is 4.38. The van der Waals surface area contributed by atoms with E-state index >= 15 is 0 Å². The first kappa shape index (κ1) is 12.0. The summed E-state index contributed by atoms with van der Waals surface area (Å²) in [6, 6.07) is 5.59. The number of nitrogens with one attached hydrogen (secondary N) is 1. The number of hydrogen-bond donors (Lipinski definition) is 1. The van der Waals surface area contributed by atoms with Gasteiger partial charge in [0, 0.05) is 24.1 Å². The second-order valence-corrected chi connectivity index (χ2v) is 5.54. The van der Waals surface area contributed by atoms with Crippen LogP contribution in [0, 0.1) is 5.92 Å². The molecule has 1 saturated heterocycles. The van der Waals surface area contributed by atoms with E-state index in [2.05, 4.69) is 5.32 Å². The van der Waals surface area contributed by atoms with E-state index in [4.69, 9.17) is 14.2 Å². The van der Waals surface area contributed by atoms with Crippen LogP contribution in [0.25, 0.3) is 0 Å². The Labute approximate surface area is 117 Å². The van der Waals surface area contributed by atoms with Crippen LogP contribution in [0.15, 0.2) is 18.2 Å². The van der Waals surface area contributed by atoms with Gasteiger partial charge in [0.15, 0.2) is 11.5 Å². The molecule has 0 spiro atoms. The summed E-state index contributed by atoms with van der Waals surface area (Å²) in [5.74, 6) is 1.81. The second kappa shape index (κ2) is 4.66. The normalized spacial score (nSPS) is 30.3. The van der Waals surface area contributed by atoms with Crippen molar-refractivity contribution >= 4 is 5.91 Å². The van der Waals surface area contributed by atoms with Crippen molar-refractivity contribution in [2.24, 2.45) is 5.92 Å². The quantitative estimate of drug-likeness (QED) is 0.885. The molecule has 0 unspecified atom stereocenters. The Balaban J connectivity index is 1.46. The molecule has 1 aliphatic carbocycles. The van der Waals surface area contributed by atoms with E-state index < -0.39 is 0 Å². The number of fused-ring (bicyclic) bond motifs is 2. The molecule has 5 heteroatoms. The van der Waals surface area contributed by atoms with Gasteiger partial charge in [-0.05, 0) is 31.0 Å². The van der Waals surface area contributed by atoms with E-state index in [1.165, 1.54) is 0 Å². The molecule has 2 fully saturated rings. The highest BCUT2D eigenvalue weighted by atomic mass is 16.6. The summed E-state index contributed by atoms with van der Waals surface area (Å²) in [4.78, 5) is 12.3. The van der Waals surface area contributed by atoms with Gasteiger partial charge in [0.05, 0.1) is 6.10 Å². The fourth-order valence-electron chi connectivity index (χ4n) is 3.20. The van der Waals surface area contributed by atoms with Crippen molar-refractivity contribution in [2.75, 3.05) is 19.8 Å². The smallest absolute Gasteiger partial charge is 0.251 e. The van der Waals surface area contributed by atoms with Crippen LogP contribution in [-0.2, 0) is 4.74 Å². The first-order chi connectivity index (χ1) is 9.81. The molecule has 5 nitrogen and oxygen atoms in total. The molecule has 1 N–H and O–H groups in total. The van der Waals surface area contributed by atoms with Crippen molar-refractivity contribution in [1.29, 1.82) is 0 Å². The third-order valence-electron chi connectivity index (χ3n) is 4.38. The molecule has 0 radical (unpaired) electrons. The Hall–Kier alpha value is -1.75. The van der Waals surface area contributed by atoms with Gasteiger partial charge in [-0.2, -0.15) is 0 Å². The molecule has 0 aromatic heterocycles. The van der Waals surface area contributed by atoms with Crippen molar-refractivity contribution in [2.45, 2.75) is 25.0 Å². The number of carbonyl (C=O) groups excluding carboxylic acids is 1. The maximum absolute atomic E-state index is 12.3. The number of hydrogen-bond acceptors (Lipinski definition) is 4. The van der Waals surface area contributed by atoms with Gasteiger partial charge in [-0.15, -0.1) is 0 Å².